The van der Waals surface area contributed by atoms with E-state index in [0.29, 0.717) is 17.9 Å². The molecule has 0 fully saturated rings. The lowest BCUT2D eigenvalue weighted by Crippen LogP contribution is -2.22. The molecule has 22 heavy (non-hydrogen) atoms. The number of hydrogen-bond acceptors (Lipinski definition) is 3. The molecule has 1 amide bonds. The predicted octanol–water partition coefficient (Wildman–Crippen LogP) is 4.13. The molecule has 0 saturated heterocycles. The fourth-order valence-electron chi connectivity index (χ4n) is 2.01. The highest BCUT2D eigenvalue weighted by Crippen LogP contribution is 2.16. The molecule has 0 aliphatic carbocycles. The van der Waals surface area contributed by atoms with E-state index in [9.17, 15) is 4.79 Å². The lowest BCUT2D eigenvalue weighted by atomic mass is 10.2. The summed E-state index contributed by atoms with van der Waals surface area (Å²) >= 11 is 1.70. The lowest BCUT2D eigenvalue weighted by molar-refractivity contribution is 0.0950. The van der Waals surface area contributed by atoms with Crippen LogP contribution in [-0.4, -0.2) is 18.3 Å². The molecule has 0 spiro atoms. The van der Waals surface area contributed by atoms with Crippen molar-refractivity contribution < 1.29 is 9.53 Å². The zero-order valence-corrected chi connectivity index (χ0v) is 13.9. The molecule has 2 aromatic rings. The van der Waals surface area contributed by atoms with Gasteiger partial charge in [0.2, 0.25) is 0 Å². The lowest BCUT2D eigenvalue weighted by Gasteiger charge is -2.11. The molecule has 0 radical (unpaired) electrons. The second-order valence-electron chi connectivity index (χ2n) is 5.23. The molecule has 2 rings (SSSR count). The first-order valence-corrected chi connectivity index (χ1v) is 8.49. The van der Waals surface area contributed by atoms with Crippen molar-refractivity contribution in [2.45, 2.75) is 31.4 Å². The van der Waals surface area contributed by atoms with Crippen LogP contribution in [0.2, 0.25) is 0 Å². The number of carbonyl (C=O) groups is 1. The molecule has 0 saturated carbocycles. The zero-order valence-electron chi connectivity index (χ0n) is 13.1. The van der Waals surface area contributed by atoms with Gasteiger partial charge in [-0.3, -0.25) is 4.79 Å². The van der Waals surface area contributed by atoms with E-state index in [2.05, 4.69) is 17.4 Å². The Kier molecular flexibility index (Phi) is 5.90. The molecule has 3 nitrogen and oxygen atoms in total. The summed E-state index contributed by atoms with van der Waals surface area (Å²) in [4.78, 5) is 13.4. The van der Waals surface area contributed by atoms with E-state index in [0.717, 1.165) is 5.56 Å². The van der Waals surface area contributed by atoms with Crippen LogP contribution in [0, 0.1) is 0 Å². The van der Waals surface area contributed by atoms with Gasteiger partial charge in [-0.1, -0.05) is 18.2 Å². The van der Waals surface area contributed by atoms with Crippen molar-refractivity contribution >= 4 is 17.7 Å². The first kappa shape index (κ1) is 16.4. The Morgan fingerprint density at radius 3 is 2.55 bits per heavy atom. The third-order valence-electron chi connectivity index (χ3n) is 3.08. The van der Waals surface area contributed by atoms with E-state index in [1.807, 2.05) is 44.4 Å². The Morgan fingerprint density at radius 1 is 1.18 bits per heavy atom. The highest BCUT2D eigenvalue weighted by Gasteiger charge is 2.07. The summed E-state index contributed by atoms with van der Waals surface area (Å²) in [6.07, 6.45) is 2.14. The third kappa shape index (κ3) is 4.81. The summed E-state index contributed by atoms with van der Waals surface area (Å²) < 4.78 is 5.61. The van der Waals surface area contributed by atoms with Crippen LogP contribution in [0.3, 0.4) is 0 Å². The van der Waals surface area contributed by atoms with Crippen molar-refractivity contribution in [3.63, 3.8) is 0 Å². The number of nitrogens with one attached hydrogen (secondary N) is 1. The minimum Gasteiger partial charge on any atom is -0.491 e. The average Bonchev–Trinajstić information content (AvgIpc) is 2.52. The SMILES string of the molecule is CSc1ccc(CNC(=O)c2cccc(OC(C)C)c2)cc1. The number of amides is 1. The van der Waals surface area contributed by atoms with Crippen molar-refractivity contribution in [1.82, 2.24) is 5.32 Å². The second kappa shape index (κ2) is 7.90. The van der Waals surface area contributed by atoms with Crippen molar-refractivity contribution in [3.8, 4) is 5.75 Å². The quantitative estimate of drug-likeness (QED) is 0.815. The summed E-state index contributed by atoms with van der Waals surface area (Å²) in [6.45, 7) is 4.44. The molecule has 0 aliphatic rings. The van der Waals surface area contributed by atoms with Gasteiger partial charge in [0.1, 0.15) is 5.75 Å². The Hall–Kier alpha value is -1.94. The molecule has 0 aromatic heterocycles. The first-order valence-electron chi connectivity index (χ1n) is 7.26. The van der Waals surface area contributed by atoms with Gasteiger partial charge < -0.3 is 10.1 Å². The molecule has 4 heteroatoms. The standard InChI is InChI=1S/C18H21NO2S/c1-13(2)21-16-6-4-5-15(11-16)18(20)19-12-14-7-9-17(22-3)10-8-14/h4-11,13H,12H2,1-3H3,(H,19,20). The predicted molar refractivity (Wildman–Crippen MR) is 91.6 cm³/mol. The van der Waals surface area contributed by atoms with Gasteiger partial charge in [-0.2, -0.15) is 0 Å². The normalized spacial score (nSPS) is 10.5. The van der Waals surface area contributed by atoms with Gasteiger partial charge in [0.15, 0.2) is 0 Å². The van der Waals surface area contributed by atoms with Crippen LogP contribution < -0.4 is 10.1 Å². The van der Waals surface area contributed by atoms with E-state index >= 15 is 0 Å². The fourth-order valence-corrected chi connectivity index (χ4v) is 2.42. The van der Waals surface area contributed by atoms with Crippen LogP contribution in [-0.2, 0) is 6.54 Å². The Balaban J connectivity index is 1.96. The maximum atomic E-state index is 12.2. The van der Waals surface area contributed by atoms with Crippen LogP contribution in [0.1, 0.15) is 29.8 Å². The summed E-state index contributed by atoms with van der Waals surface area (Å²) in [5.41, 5.74) is 1.69. The first-order chi connectivity index (χ1) is 10.6. The van der Waals surface area contributed by atoms with E-state index in [1.54, 1.807) is 23.9 Å². The molecule has 0 bridgehead atoms. The summed E-state index contributed by atoms with van der Waals surface area (Å²) in [5, 5.41) is 2.93. The molecule has 1 N–H and O–H groups in total. The monoisotopic (exact) mass is 315 g/mol. The zero-order chi connectivity index (χ0) is 15.9. The Labute approximate surface area is 136 Å². The van der Waals surface area contributed by atoms with Crippen LogP contribution in [0.25, 0.3) is 0 Å². The largest absolute Gasteiger partial charge is 0.491 e. The average molecular weight is 315 g/mol. The van der Waals surface area contributed by atoms with E-state index in [-0.39, 0.29) is 12.0 Å². The fraction of sp³-hybridized carbons (Fsp3) is 0.278. The number of rotatable bonds is 6. The Bertz CT molecular complexity index is 623. The summed E-state index contributed by atoms with van der Waals surface area (Å²) in [7, 11) is 0. The molecule has 2 aromatic carbocycles. The number of carbonyl (C=O) groups excluding carboxylic acids is 1. The highest BCUT2D eigenvalue weighted by molar-refractivity contribution is 7.98. The summed E-state index contributed by atoms with van der Waals surface area (Å²) in [6, 6.07) is 15.4. The minimum atomic E-state index is -0.0943. The van der Waals surface area contributed by atoms with Crippen LogP contribution in [0.15, 0.2) is 53.4 Å². The maximum absolute atomic E-state index is 12.2. The van der Waals surface area contributed by atoms with Gasteiger partial charge >= 0.3 is 0 Å². The number of thioether (sulfide) groups is 1. The molecule has 0 aliphatic heterocycles. The molecule has 0 unspecified atom stereocenters. The van der Waals surface area contributed by atoms with Gasteiger partial charge in [0.25, 0.3) is 5.91 Å². The Morgan fingerprint density at radius 2 is 1.91 bits per heavy atom. The van der Waals surface area contributed by atoms with E-state index in [4.69, 9.17) is 4.74 Å². The molecular weight excluding hydrogens is 294 g/mol. The van der Waals surface area contributed by atoms with Gasteiger partial charge in [0.05, 0.1) is 6.10 Å². The second-order valence-corrected chi connectivity index (χ2v) is 6.10. The van der Waals surface area contributed by atoms with Crippen molar-refractivity contribution in [1.29, 1.82) is 0 Å². The smallest absolute Gasteiger partial charge is 0.251 e. The van der Waals surface area contributed by atoms with Gasteiger partial charge in [-0.15, -0.1) is 11.8 Å². The van der Waals surface area contributed by atoms with Crippen LogP contribution in [0.5, 0.6) is 5.75 Å². The van der Waals surface area contributed by atoms with Crippen LogP contribution in [0.4, 0.5) is 0 Å². The van der Waals surface area contributed by atoms with Gasteiger partial charge in [-0.05, 0) is 56.0 Å². The third-order valence-corrected chi connectivity index (χ3v) is 3.82. The van der Waals surface area contributed by atoms with Gasteiger partial charge in [0, 0.05) is 17.0 Å². The molecular formula is C18H21NO2S. The maximum Gasteiger partial charge on any atom is 0.251 e. The topological polar surface area (TPSA) is 38.3 Å². The number of ether oxygens (including phenoxy) is 1. The van der Waals surface area contributed by atoms with Crippen molar-refractivity contribution in [2.75, 3.05) is 6.26 Å². The van der Waals surface area contributed by atoms with Crippen LogP contribution >= 0.6 is 11.8 Å². The van der Waals surface area contributed by atoms with Gasteiger partial charge in [-0.25, -0.2) is 0 Å². The molecule has 116 valence electrons. The van der Waals surface area contributed by atoms with Crippen molar-refractivity contribution in [3.05, 3.63) is 59.7 Å². The number of hydrogen-bond donors (Lipinski definition) is 1. The number of benzene rings is 2. The van der Waals surface area contributed by atoms with E-state index < -0.39 is 0 Å². The summed E-state index contributed by atoms with van der Waals surface area (Å²) in [5.74, 6) is 0.620. The molecule has 0 heterocycles. The minimum absolute atomic E-state index is 0.0910. The highest BCUT2D eigenvalue weighted by atomic mass is 32.2. The van der Waals surface area contributed by atoms with Crippen molar-refractivity contribution in [2.24, 2.45) is 0 Å². The van der Waals surface area contributed by atoms with E-state index in [1.165, 1.54) is 4.90 Å². The molecule has 0 atom stereocenters.